The van der Waals surface area contributed by atoms with Gasteiger partial charge in [-0.05, 0) is 19.8 Å². The molecular formula is C17H18F3N3O2. The van der Waals surface area contributed by atoms with Gasteiger partial charge in [0, 0.05) is 24.3 Å². The summed E-state index contributed by atoms with van der Waals surface area (Å²) in [6.07, 6.45) is -5.23. The lowest BCUT2D eigenvalue weighted by Gasteiger charge is -2.31. The van der Waals surface area contributed by atoms with Crippen molar-refractivity contribution < 1.29 is 22.7 Å². The number of hydrogen-bond donors (Lipinski definition) is 1. The first-order chi connectivity index (χ1) is 11.8. The summed E-state index contributed by atoms with van der Waals surface area (Å²) >= 11 is 0. The number of amides is 1. The smallest absolute Gasteiger partial charge is 0.341 e. The molecule has 134 valence electrons. The molecule has 1 N–H and O–H groups in total. The summed E-state index contributed by atoms with van der Waals surface area (Å²) < 4.78 is 40.8. The van der Waals surface area contributed by atoms with Crippen molar-refractivity contribution in [3.63, 3.8) is 0 Å². The highest BCUT2D eigenvalue weighted by molar-refractivity contribution is 5.94. The first-order valence-electron chi connectivity index (χ1n) is 7.99. The normalized spacial score (nSPS) is 16.2. The number of alkyl halides is 3. The number of hydrogen-bond acceptors (Lipinski definition) is 3. The van der Waals surface area contributed by atoms with Gasteiger partial charge < -0.3 is 9.88 Å². The van der Waals surface area contributed by atoms with Gasteiger partial charge in [0.25, 0.3) is 5.91 Å². The first-order valence-corrected chi connectivity index (χ1v) is 7.99. The lowest BCUT2D eigenvalue weighted by molar-refractivity contribution is -0.345. The van der Waals surface area contributed by atoms with E-state index >= 15 is 0 Å². The van der Waals surface area contributed by atoms with Crippen LogP contribution in [0, 0.1) is 6.92 Å². The first kappa shape index (κ1) is 17.5. The standard InChI is InChI=1S/C17H18F3N3O2/c1-11-14(22-15(21-11)12-5-3-2-4-6-12)16(24)23-9-7-13(8-10-23)25-17(18,19)20/h2-6,13H,7-10H2,1H3,(H,21,22). The molecule has 0 atom stereocenters. The fourth-order valence-corrected chi connectivity index (χ4v) is 2.92. The van der Waals surface area contributed by atoms with Crippen molar-refractivity contribution >= 4 is 5.91 Å². The van der Waals surface area contributed by atoms with Crippen LogP contribution in [0.2, 0.25) is 0 Å². The quantitative estimate of drug-likeness (QED) is 0.918. The predicted octanol–water partition coefficient (Wildman–Crippen LogP) is 3.53. The van der Waals surface area contributed by atoms with Crippen LogP contribution in [0.3, 0.4) is 0 Å². The van der Waals surface area contributed by atoms with E-state index in [1.165, 1.54) is 4.90 Å². The molecule has 2 aromatic rings. The molecule has 3 rings (SSSR count). The molecule has 0 aliphatic carbocycles. The number of benzene rings is 1. The largest absolute Gasteiger partial charge is 0.522 e. The number of nitrogens with zero attached hydrogens (tertiary/aromatic N) is 2. The Morgan fingerprint density at radius 1 is 1.24 bits per heavy atom. The van der Waals surface area contributed by atoms with E-state index in [9.17, 15) is 18.0 Å². The highest BCUT2D eigenvalue weighted by Crippen LogP contribution is 2.25. The molecule has 1 saturated heterocycles. The van der Waals surface area contributed by atoms with Crippen molar-refractivity contribution in [1.82, 2.24) is 14.9 Å². The number of halogens is 3. The second-order valence-electron chi connectivity index (χ2n) is 5.98. The van der Waals surface area contributed by atoms with Crippen molar-refractivity contribution in [2.75, 3.05) is 13.1 Å². The van der Waals surface area contributed by atoms with Gasteiger partial charge in [-0.1, -0.05) is 30.3 Å². The Morgan fingerprint density at radius 2 is 1.88 bits per heavy atom. The monoisotopic (exact) mass is 353 g/mol. The van der Waals surface area contributed by atoms with Crippen LogP contribution in [0.5, 0.6) is 0 Å². The van der Waals surface area contributed by atoms with Gasteiger partial charge in [0.15, 0.2) is 0 Å². The molecule has 1 aromatic carbocycles. The Kier molecular flexibility index (Phi) is 4.80. The van der Waals surface area contributed by atoms with Gasteiger partial charge in [0.05, 0.1) is 6.10 Å². The zero-order valence-corrected chi connectivity index (χ0v) is 13.6. The molecule has 0 bridgehead atoms. The van der Waals surface area contributed by atoms with Gasteiger partial charge in [-0.15, -0.1) is 13.2 Å². The van der Waals surface area contributed by atoms with Gasteiger partial charge in [0.1, 0.15) is 11.5 Å². The second-order valence-corrected chi connectivity index (χ2v) is 5.98. The van der Waals surface area contributed by atoms with E-state index in [2.05, 4.69) is 14.7 Å². The van der Waals surface area contributed by atoms with Crippen molar-refractivity contribution in [1.29, 1.82) is 0 Å². The fourth-order valence-electron chi connectivity index (χ4n) is 2.92. The lowest BCUT2D eigenvalue weighted by Crippen LogP contribution is -2.42. The zero-order valence-electron chi connectivity index (χ0n) is 13.6. The minimum absolute atomic E-state index is 0.153. The fraction of sp³-hybridized carbons (Fsp3) is 0.412. The SMILES string of the molecule is Cc1[nH]c(-c2ccccc2)nc1C(=O)N1CCC(OC(F)(F)F)CC1. The third kappa shape index (κ3) is 4.19. The van der Waals surface area contributed by atoms with E-state index in [1.54, 1.807) is 6.92 Å². The number of ether oxygens (including phenoxy) is 1. The number of H-pyrrole nitrogens is 1. The molecule has 0 spiro atoms. The number of aromatic amines is 1. The van der Waals surface area contributed by atoms with Gasteiger partial charge in [-0.2, -0.15) is 0 Å². The summed E-state index contributed by atoms with van der Waals surface area (Å²) in [5.41, 5.74) is 1.80. The topological polar surface area (TPSA) is 58.2 Å². The molecule has 5 nitrogen and oxygen atoms in total. The number of piperidine rings is 1. The second kappa shape index (κ2) is 6.87. The van der Waals surface area contributed by atoms with E-state index < -0.39 is 12.5 Å². The molecule has 1 fully saturated rings. The molecule has 8 heteroatoms. The van der Waals surface area contributed by atoms with Crippen LogP contribution in [0.25, 0.3) is 11.4 Å². The number of carbonyl (C=O) groups excluding carboxylic acids is 1. The molecule has 1 amide bonds. The lowest BCUT2D eigenvalue weighted by atomic mass is 10.1. The van der Waals surface area contributed by atoms with Crippen LogP contribution in [-0.4, -0.2) is 46.3 Å². The summed E-state index contributed by atoms with van der Waals surface area (Å²) in [5.74, 6) is 0.318. The average Bonchev–Trinajstić information content (AvgIpc) is 2.96. The van der Waals surface area contributed by atoms with Gasteiger partial charge >= 0.3 is 6.36 Å². The van der Waals surface area contributed by atoms with E-state index in [-0.39, 0.29) is 31.8 Å². The molecule has 25 heavy (non-hydrogen) atoms. The minimum atomic E-state index is -4.64. The van der Waals surface area contributed by atoms with Crippen LogP contribution in [0.1, 0.15) is 29.0 Å². The molecule has 1 aliphatic rings. The summed E-state index contributed by atoms with van der Waals surface area (Å²) in [6.45, 7) is 2.19. The highest BCUT2D eigenvalue weighted by atomic mass is 19.4. The van der Waals surface area contributed by atoms with Crippen molar-refractivity contribution in [2.24, 2.45) is 0 Å². The van der Waals surface area contributed by atoms with Crippen LogP contribution < -0.4 is 0 Å². The Morgan fingerprint density at radius 3 is 2.48 bits per heavy atom. The van der Waals surface area contributed by atoms with E-state index in [0.717, 1.165) is 5.56 Å². The van der Waals surface area contributed by atoms with Crippen molar-refractivity contribution in [2.45, 2.75) is 32.2 Å². The third-order valence-electron chi connectivity index (χ3n) is 4.16. The number of rotatable bonds is 3. The molecule has 0 saturated carbocycles. The van der Waals surface area contributed by atoms with Crippen molar-refractivity contribution in [3.8, 4) is 11.4 Å². The van der Waals surface area contributed by atoms with Crippen LogP contribution in [0.15, 0.2) is 30.3 Å². The third-order valence-corrected chi connectivity index (χ3v) is 4.16. The Bertz CT molecular complexity index is 735. The van der Waals surface area contributed by atoms with Crippen LogP contribution in [-0.2, 0) is 4.74 Å². The summed E-state index contributed by atoms with van der Waals surface area (Å²) in [7, 11) is 0. The summed E-state index contributed by atoms with van der Waals surface area (Å²) in [5, 5.41) is 0. The summed E-state index contributed by atoms with van der Waals surface area (Å²) in [4.78, 5) is 21.6. The number of nitrogens with one attached hydrogen (secondary N) is 1. The maximum Gasteiger partial charge on any atom is 0.522 e. The average molecular weight is 353 g/mol. The molecule has 1 aliphatic heterocycles. The molecular weight excluding hydrogens is 335 g/mol. The minimum Gasteiger partial charge on any atom is -0.341 e. The molecule has 0 radical (unpaired) electrons. The summed E-state index contributed by atoms with van der Waals surface area (Å²) in [6, 6.07) is 9.40. The molecule has 2 heterocycles. The Labute approximate surface area is 142 Å². The maximum atomic E-state index is 12.6. The van der Waals surface area contributed by atoms with Gasteiger partial charge in [-0.25, -0.2) is 4.98 Å². The molecule has 1 aromatic heterocycles. The number of aryl methyl sites for hydroxylation is 1. The number of carbonyl (C=O) groups is 1. The van der Waals surface area contributed by atoms with Crippen molar-refractivity contribution in [3.05, 3.63) is 41.7 Å². The van der Waals surface area contributed by atoms with Gasteiger partial charge in [0.2, 0.25) is 0 Å². The number of imidazole rings is 1. The van der Waals surface area contributed by atoms with Crippen LogP contribution in [0.4, 0.5) is 13.2 Å². The Hall–Kier alpha value is -2.35. The van der Waals surface area contributed by atoms with Crippen LogP contribution >= 0.6 is 0 Å². The van der Waals surface area contributed by atoms with E-state index in [1.807, 2.05) is 30.3 Å². The van der Waals surface area contributed by atoms with Gasteiger partial charge in [-0.3, -0.25) is 9.53 Å². The Balaban J connectivity index is 1.67. The zero-order chi connectivity index (χ0) is 18.0. The van der Waals surface area contributed by atoms with E-state index in [0.29, 0.717) is 17.2 Å². The number of likely N-dealkylation sites (tertiary alicyclic amines) is 1. The van der Waals surface area contributed by atoms with E-state index in [4.69, 9.17) is 0 Å². The maximum absolute atomic E-state index is 12.6. The highest BCUT2D eigenvalue weighted by Gasteiger charge is 2.36. The number of aromatic nitrogens is 2. The predicted molar refractivity (Wildman–Crippen MR) is 84.8 cm³/mol. The molecule has 0 unspecified atom stereocenters.